The zero-order valence-electron chi connectivity index (χ0n) is 13.8. The number of esters is 1. The summed E-state index contributed by atoms with van der Waals surface area (Å²) in [7, 11) is 1.16. The second kappa shape index (κ2) is 8.82. The number of aliphatic imine (C=N–C) groups is 1. The van der Waals surface area contributed by atoms with Crippen molar-refractivity contribution < 1.29 is 18.7 Å². The summed E-state index contributed by atoms with van der Waals surface area (Å²) in [6.45, 7) is 0. The largest absolute Gasteiger partial charge is 0.465 e. The number of carbonyl (C=O) groups excluding carboxylic acids is 2. The number of ether oxygens (including phenoxy) is 1. The lowest BCUT2D eigenvalue weighted by Gasteiger charge is -2.16. The molecule has 4 N–H and O–H groups in total. The quantitative estimate of drug-likeness (QED) is 0.225. The van der Waals surface area contributed by atoms with Crippen LogP contribution in [0.1, 0.15) is 10.4 Å². The average molecular weight is 379 g/mol. The van der Waals surface area contributed by atoms with E-state index in [9.17, 15) is 9.59 Å². The van der Waals surface area contributed by atoms with E-state index in [2.05, 4.69) is 15.6 Å². The molecule has 0 bridgehead atoms. The van der Waals surface area contributed by atoms with Crippen molar-refractivity contribution in [3.63, 3.8) is 0 Å². The predicted octanol–water partition coefficient (Wildman–Crippen LogP) is 3.15. The Balaban J connectivity index is 2.71. The molecule has 0 heterocycles. The molecule has 1 amide bonds. The molecule has 0 saturated carbocycles. The van der Waals surface area contributed by atoms with Gasteiger partial charge >= 0.3 is 5.97 Å². The van der Waals surface area contributed by atoms with Gasteiger partial charge in [-0.1, -0.05) is 18.2 Å². The van der Waals surface area contributed by atoms with Crippen LogP contribution in [0.5, 0.6) is 0 Å². The Labute approximate surface area is 154 Å². The number of alkyl halides is 1. The van der Waals surface area contributed by atoms with Crippen LogP contribution in [-0.2, 0) is 9.53 Å². The number of hydrogen-bond donors (Lipinski definition) is 3. The van der Waals surface area contributed by atoms with Gasteiger partial charge in [0.2, 0.25) is 6.41 Å². The van der Waals surface area contributed by atoms with Crippen molar-refractivity contribution in [2.75, 3.05) is 23.6 Å². The van der Waals surface area contributed by atoms with Crippen LogP contribution in [0.2, 0.25) is 0 Å². The van der Waals surface area contributed by atoms with Gasteiger partial charge in [0.25, 0.3) is 0 Å². The Morgan fingerprint density at radius 3 is 2.65 bits per heavy atom. The topological polar surface area (TPSA) is 106 Å². The van der Waals surface area contributed by atoms with Crippen molar-refractivity contribution in [2.45, 2.75) is 0 Å². The third kappa shape index (κ3) is 4.28. The fourth-order valence-corrected chi connectivity index (χ4v) is 2.21. The summed E-state index contributed by atoms with van der Waals surface area (Å²) in [4.78, 5) is 26.8. The van der Waals surface area contributed by atoms with Gasteiger partial charge in [0.05, 0.1) is 29.9 Å². The highest BCUT2D eigenvalue weighted by atomic mass is 35.5. The van der Waals surface area contributed by atoms with Crippen LogP contribution >= 0.6 is 11.6 Å². The molecule has 9 heteroatoms. The van der Waals surface area contributed by atoms with E-state index in [0.717, 1.165) is 7.11 Å². The first-order valence-electron chi connectivity index (χ1n) is 7.37. The highest BCUT2D eigenvalue weighted by Crippen LogP contribution is 2.38. The van der Waals surface area contributed by atoms with Crippen molar-refractivity contribution in [1.29, 1.82) is 0 Å². The molecular formula is C17H16ClFN4O3. The summed E-state index contributed by atoms with van der Waals surface area (Å²) >= 11 is 5.60. The van der Waals surface area contributed by atoms with E-state index in [4.69, 9.17) is 22.1 Å². The van der Waals surface area contributed by atoms with E-state index in [1.165, 1.54) is 6.07 Å². The van der Waals surface area contributed by atoms with Gasteiger partial charge < -0.3 is 21.1 Å². The van der Waals surface area contributed by atoms with Gasteiger partial charge in [0, 0.05) is 5.69 Å². The van der Waals surface area contributed by atoms with Crippen molar-refractivity contribution in [3.8, 4) is 0 Å². The van der Waals surface area contributed by atoms with Crippen molar-refractivity contribution >= 4 is 52.6 Å². The van der Waals surface area contributed by atoms with Crippen LogP contribution in [0, 0.1) is 5.82 Å². The molecule has 2 aromatic carbocycles. The Morgan fingerprint density at radius 2 is 2.08 bits per heavy atom. The predicted molar refractivity (Wildman–Crippen MR) is 99.2 cm³/mol. The summed E-state index contributed by atoms with van der Waals surface area (Å²) in [6.07, 6.45) is 0.329. The van der Waals surface area contributed by atoms with Crippen LogP contribution in [0.25, 0.3) is 0 Å². The first-order chi connectivity index (χ1) is 12.5. The van der Waals surface area contributed by atoms with Crippen LogP contribution in [0.15, 0.2) is 41.4 Å². The third-order valence-corrected chi connectivity index (χ3v) is 3.57. The van der Waals surface area contributed by atoms with Gasteiger partial charge in [-0.05, 0) is 18.2 Å². The van der Waals surface area contributed by atoms with Crippen LogP contribution < -0.4 is 16.4 Å². The molecule has 0 aliphatic rings. The summed E-state index contributed by atoms with van der Waals surface area (Å²) in [5, 5.41) is 5.12. The number of hydrogen-bond acceptors (Lipinski definition) is 5. The monoisotopic (exact) mass is 378 g/mol. The van der Waals surface area contributed by atoms with Crippen molar-refractivity contribution in [2.24, 2.45) is 10.7 Å². The minimum absolute atomic E-state index is 0.0513. The number of rotatable bonds is 7. The number of nitrogens with one attached hydrogen (secondary N) is 2. The maximum Gasteiger partial charge on any atom is 0.340 e. The normalized spacial score (nSPS) is 11.0. The Kier molecular flexibility index (Phi) is 6.51. The molecule has 0 spiro atoms. The van der Waals surface area contributed by atoms with Crippen LogP contribution in [0.3, 0.4) is 0 Å². The number of benzene rings is 2. The number of amides is 1. The minimum Gasteiger partial charge on any atom is -0.465 e. The second-order valence-electron chi connectivity index (χ2n) is 4.99. The molecule has 2 rings (SSSR count). The fourth-order valence-electron chi connectivity index (χ4n) is 2.16. The SMILES string of the molecule is COC(=O)c1cc(NC=O)c(N=C(N)CCl)c(F)c1Nc1ccccc1. The number of methoxy groups -OCH3 is 1. The van der Waals surface area contributed by atoms with Gasteiger partial charge in [0.1, 0.15) is 11.5 Å². The van der Waals surface area contributed by atoms with Crippen molar-refractivity contribution in [3.05, 3.63) is 47.8 Å². The van der Waals surface area contributed by atoms with Gasteiger partial charge in [-0.3, -0.25) is 4.79 Å². The summed E-state index contributed by atoms with van der Waals surface area (Å²) in [5.41, 5.74) is 5.52. The van der Waals surface area contributed by atoms with E-state index in [0.29, 0.717) is 12.1 Å². The van der Waals surface area contributed by atoms with E-state index < -0.39 is 11.8 Å². The lowest BCUT2D eigenvalue weighted by Crippen LogP contribution is -2.14. The number of para-hydroxylation sites is 1. The number of anilines is 3. The van der Waals surface area contributed by atoms with E-state index >= 15 is 4.39 Å². The molecule has 136 valence electrons. The highest BCUT2D eigenvalue weighted by Gasteiger charge is 2.23. The van der Waals surface area contributed by atoms with Gasteiger partial charge in [0.15, 0.2) is 5.82 Å². The molecule has 0 aliphatic heterocycles. The van der Waals surface area contributed by atoms with Gasteiger partial charge in [-0.15, -0.1) is 11.6 Å². The second-order valence-corrected chi connectivity index (χ2v) is 5.26. The maximum atomic E-state index is 15.2. The average Bonchev–Trinajstić information content (AvgIpc) is 2.66. The third-order valence-electron chi connectivity index (χ3n) is 3.30. The first kappa shape index (κ1) is 19.2. The van der Waals surface area contributed by atoms with Gasteiger partial charge in [-0.25, -0.2) is 14.2 Å². The van der Waals surface area contributed by atoms with Gasteiger partial charge in [-0.2, -0.15) is 0 Å². The molecule has 0 fully saturated rings. The molecule has 0 saturated heterocycles. The first-order valence-corrected chi connectivity index (χ1v) is 7.91. The number of nitrogens with two attached hydrogens (primary N) is 1. The lowest BCUT2D eigenvalue weighted by atomic mass is 10.1. The molecule has 0 radical (unpaired) electrons. The van der Waals surface area contributed by atoms with E-state index in [-0.39, 0.29) is 34.3 Å². The fraction of sp³-hybridized carbons (Fsp3) is 0.118. The minimum atomic E-state index is -0.894. The number of amidine groups is 1. The number of halogens is 2. The molecule has 0 aromatic heterocycles. The molecular weight excluding hydrogens is 363 g/mol. The smallest absolute Gasteiger partial charge is 0.340 e. The highest BCUT2D eigenvalue weighted by molar-refractivity contribution is 6.28. The van der Waals surface area contributed by atoms with Crippen molar-refractivity contribution in [1.82, 2.24) is 0 Å². The zero-order valence-corrected chi connectivity index (χ0v) is 14.5. The van der Waals surface area contributed by atoms with Crippen LogP contribution in [0.4, 0.5) is 27.1 Å². The number of nitrogens with zero attached hydrogens (tertiary/aromatic N) is 1. The molecule has 0 atom stereocenters. The Hall–Kier alpha value is -3.13. The maximum absolute atomic E-state index is 15.2. The summed E-state index contributed by atoms with van der Waals surface area (Å²) < 4.78 is 19.9. The molecule has 26 heavy (non-hydrogen) atoms. The zero-order chi connectivity index (χ0) is 19.1. The lowest BCUT2D eigenvalue weighted by molar-refractivity contribution is -0.105. The van der Waals surface area contributed by atoms with Crippen LogP contribution in [-0.4, -0.2) is 31.2 Å². The molecule has 2 aromatic rings. The molecule has 7 nitrogen and oxygen atoms in total. The Morgan fingerprint density at radius 1 is 1.38 bits per heavy atom. The summed E-state index contributed by atoms with van der Waals surface area (Å²) in [5.74, 6) is -1.89. The molecule has 0 aliphatic carbocycles. The summed E-state index contributed by atoms with van der Waals surface area (Å²) in [6, 6.07) is 9.89. The van der Waals surface area contributed by atoms with E-state index in [1.54, 1.807) is 30.3 Å². The molecule has 0 unspecified atom stereocenters. The van der Waals surface area contributed by atoms with E-state index in [1.807, 2.05) is 0 Å². The Bertz CT molecular complexity index is 844. The number of carbonyl (C=O) groups is 2. The standard InChI is InChI=1S/C17H16ClFN4O3/c1-26-17(25)11-7-12(21-9-24)16(23-13(20)8-18)14(19)15(11)22-10-5-3-2-4-6-10/h2-7,9,22H,8H2,1H3,(H2,20,23)(H,21,24).